The molecule has 1 aromatic rings. The lowest BCUT2D eigenvalue weighted by Gasteiger charge is -2.32. The molecule has 1 saturated carbocycles. The van der Waals surface area contributed by atoms with Crippen LogP contribution >= 0.6 is 0 Å². The van der Waals surface area contributed by atoms with Crippen LogP contribution in [0.15, 0.2) is 12.4 Å². The molecule has 0 spiro atoms. The Kier molecular flexibility index (Phi) is 2.84. The lowest BCUT2D eigenvalue weighted by Crippen LogP contribution is -2.41. The minimum absolute atomic E-state index is 0.287. The van der Waals surface area contributed by atoms with E-state index in [4.69, 9.17) is 9.31 Å². The fourth-order valence-electron chi connectivity index (χ4n) is 2.47. The lowest BCUT2D eigenvalue weighted by atomic mass is 9.82. The quantitative estimate of drug-likeness (QED) is 0.780. The van der Waals surface area contributed by atoms with Crippen LogP contribution in [0.4, 0.5) is 0 Å². The third-order valence-corrected chi connectivity index (χ3v) is 4.88. The lowest BCUT2D eigenvalue weighted by molar-refractivity contribution is 0.00578. The molecule has 2 atom stereocenters. The van der Waals surface area contributed by atoms with Crippen LogP contribution in [0.5, 0.6) is 0 Å². The zero-order valence-corrected chi connectivity index (χ0v) is 12.5. The molecule has 0 aromatic carbocycles. The maximum Gasteiger partial charge on any atom is 0.498 e. The normalized spacial score (nSPS) is 31.7. The number of hydrogen-bond donors (Lipinski definition) is 0. The zero-order valence-electron chi connectivity index (χ0n) is 12.5. The molecule has 3 rings (SSSR count). The van der Waals surface area contributed by atoms with E-state index in [0.29, 0.717) is 0 Å². The minimum Gasteiger partial charge on any atom is -0.399 e. The highest BCUT2D eigenvalue weighted by atomic mass is 16.7. The summed E-state index contributed by atoms with van der Waals surface area (Å²) in [6.45, 7) is 11.6. The van der Waals surface area contributed by atoms with Gasteiger partial charge in [-0.3, -0.25) is 4.68 Å². The summed E-state index contributed by atoms with van der Waals surface area (Å²) in [5.41, 5.74) is 0.446. The summed E-state index contributed by atoms with van der Waals surface area (Å²) in [4.78, 5) is 0. The van der Waals surface area contributed by atoms with Gasteiger partial charge in [0.1, 0.15) is 0 Å². The van der Waals surface area contributed by atoms with E-state index in [1.807, 2.05) is 10.9 Å². The average Bonchev–Trinajstić information content (AvgIpc) is 2.72. The molecule has 0 N–H and O–H groups in total. The largest absolute Gasteiger partial charge is 0.498 e. The predicted octanol–water partition coefficient (Wildman–Crippen LogP) is 1.84. The van der Waals surface area contributed by atoms with Crippen LogP contribution in [0.3, 0.4) is 0 Å². The van der Waals surface area contributed by atoms with Crippen molar-refractivity contribution >= 4 is 12.6 Å². The first-order valence-electron chi connectivity index (χ1n) is 7.16. The molecule has 2 aliphatic rings. The zero-order chi connectivity index (χ0) is 13.8. The van der Waals surface area contributed by atoms with Crippen LogP contribution < -0.4 is 5.46 Å². The minimum atomic E-state index is -0.296. The Balaban J connectivity index is 1.70. The van der Waals surface area contributed by atoms with Crippen molar-refractivity contribution in [2.75, 3.05) is 0 Å². The second kappa shape index (κ2) is 4.09. The van der Waals surface area contributed by atoms with Gasteiger partial charge in [-0.05, 0) is 46.0 Å². The van der Waals surface area contributed by atoms with E-state index in [9.17, 15) is 0 Å². The Morgan fingerprint density at radius 1 is 1.32 bits per heavy atom. The Morgan fingerprint density at radius 2 is 1.89 bits per heavy atom. The number of nitrogens with zero attached hydrogens (tertiary/aromatic N) is 2. The molecule has 2 unspecified atom stereocenters. The molecule has 2 fully saturated rings. The van der Waals surface area contributed by atoms with Gasteiger partial charge in [0.05, 0.1) is 11.2 Å². The molecule has 104 valence electrons. The van der Waals surface area contributed by atoms with Gasteiger partial charge in [-0.2, -0.15) is 5.10 Å². The van der Waals surface area contributed by atoms with Crippen molar-refractivity contribution in [2.45, 2.75) is 58.8 Å². The summed E-state index contributed by atoms with van der Waals surface area (Å²) < 4.78 is 14.1. The summed E-state index contributed by atoms with van der Waals surface area (Å²) in [5.74, 6) is 1.65. The molecule has 2 heterocycles. The Labute approximate surface area is 115 Å². The van der Waals surface area contributed by atoms with Gasteiger partial charge in [-0.15, -0.1) is 0 Å². The van der Waals surface area contributed by atoms with Crippen LogP contribution in [0.2, 0.25) is 0 Å². The second-order valence-electron chi connectivity index (χ2n) is 7.06. The first kappa shape index (κ1) is 13.2. The summed E-state index contributed by atoms with van der Waals surface area (Å²) in [6, 6.07) is 0. The average molecular weight is 262 g/mol. The Morgan fingerprint density at radius 3 is 2.42 bits per heavy atom. The standard InChI is InChI=1S/C14H23BN2O2/c1-10-6-11(10)8-17-9-12(7-16-17)15-18-13(2,3)14(4,5)19-15/h7,9-11H,6,8H2,1-5H3. The van der Waals surface area contributed by atoms with Crippen molar-refractivity contribution in [1.29, 1.82) is 0 Å². The summed E-state index contributed by atoms with van der Waals surface area (Å²) in [6.07, 6.45) is 5.26. The molecule has 1 aliphatic heterocycles. The molecular formula is C14H23BN2O2. The smallest absolute Gasteiger partial charge is 0.399 e. The maximum atomic E-state index is 6.03. The molecule has 4 nitrogen and oxygen atoms in total. The molecule has 1 aliphatic carbocycles. The second-order valence-corrected chi connectivity index (χ2v) is 7.06. The van der Waals surface area contributed by atoms with Crippen molar-refractivity contribution in [1.82, 2.24) is 9.78 Å². The van der Waals surface area contributed by atoms with Crippen molar-refractivity contribution in [3.05, 3.63) is 12.4 Å². The van der Waals surface area contributed by atoms with E-state index >= 15 is 0 Å². The molecule has 19 heavy (non-hydrogen) atoms. The van der Waals surface area contributed by atoms with E-state index in [1.165, 1.54) is 6.42 Å². The summed E-state index contributed by atoms with van der Waals surface area (Å²) >= 11 is 0. The summed E-state index contributed by atoms with van der Waals surface area (Å²) in [7, 11) is -0.296. The number of aromatic nitrogens is 2. The van der Waals surface area contributed by atoms with Gasteiger partial charge in [0.25, 0.3) is 0 Å². The van der Waals surface area contributed by atoms with Gasteiger partial charge in [0.15, 0.2) is 0 Å². The van der Waals surface area contributed by atoms with Gasteiger partial charge in [-0.25, -0.2) is 0 Å². The van der Waals surface area contributed by atoms with E-state index in [-0.39, 0.29) is 18.3 Å². The topological polar surface area (TPSA) is 36.3 Å². The van der Waals surface area contributed by atoms with E-state index in [1.54, 1.807) is 0 Å². The van der Waals surface area contributed by atoms with E-state index in [0.717, 1.165) is 23.8 Å². The molecule has 1 aromatic heterocycles. The Hall–Kier alpha value is -0.805. The van der Waals surface area contributed by atoms with Gasteiger partial charge in [0.2, 0.25) is 0 Å². The van der Waals surface area contributed by atoms with Crippen LogP contribution in [0.1, 0.15) is 41.0 Å². The Bertz CT molecular complexity index is 468. The highest BCUT2D eigenvalue weighted by Crippen LogP contribution is 2.39. The molecule has 0 bridgehead atoms. The number of rotatable bonds is 3. The van der Waals surface area contributed by atoms with Crippen molar-refractivity contribution < 1.29 is 9.31 Å². The molecule has 1 saturated heterocycles. The van der Waals surface area contributed by atoms with Gasteiger partial charge < -0.3 is 9.31 Å². The van der Waals surface area contributed by atoms with Crippen molar-refractivity contribution in [3.63, 3.8) is 0 Å². The monoisotopic (exact) mass is 262 g/mol. The third kappa shape index (κ3) is 2.34. The van der Waals surface area contributed by atoms with E-state index in [2.05, 4.69) is 45.9 Å². The molecular weight excluding hydrogens is 239 g/mol. The highest BCUT2D eigenvalue weighted by molar-refractivity contribution is 6.61. The first-order valence-corrected chi connectivity index (χ1v) is 7.16. The fourth-order valence-corrected chi connectivity index (χ4v) is 2.47. The maximum absolute atomic E-state index is 6.03. The van der Waals surface area contributed by atoms with E-state index < -0.39 is 0 Å². The molecule has 0 radical (unpaired) electrons. The summed E-state index contributed by atoms with van der Waals surface area (Å²) in [5, 5.41) is 4.43. The number of hydrogen-bond acceptors (Lipinski definition) is 3. The third-order valence-electron chi connectivity index (χ3n) is 4.88. The fraction of sp³-hybridized carbons (Fsp3) is 0.786. The van der Waals surface area contributed by atoms with Crippen LogP contribution in [-0.2, 0) is 15.9 Å². The van der Waals surface area contributed by atoms with Crippen molar-refractivity contribution in [3.8, 4) is 0 Å². The van der Waals surface area contributed by atoms with Crippen LogP contribution in [-0.4, -0.2) is 28.1 Å². The van der Waals surface area contributed by atoms with Crippen LogP contribution in [0, 0.1) is 11.8 Å². The molecule has 0 amide bonds. The van der Waals surface area contributed by atoms with Crippen molar-refractivity contribution in [2.24, 2.45) is 11.8 Å². The van der Waals surface area contributed by atoms with Gasteiger partial charge in [-0.1, -0.05) is 6.92 Å². The highest BCUT2D eigenvalue weighted by Gasteiger charge is 2.52. The SMILES string of the molecule is CC1CC1Cn1cc(B2OC(C)(C)C(C)(C)O2)cn1. The first-order chi connectivity index (χ1) is 8.78. The van der Waals surface area contributed by atoms with Crippen LogP contribution in [0.25, 0.3) is 0 Å². The van der Waals surface area contributed by atoms with Gasteiger partial charge >= 0.3 is 7.12 Å². The van der Waals surface area contributed by atoms with Gasteiger partial charge in [0, 0.05) is 24.4 Å². The molecule has 5 heteroatoms. The predicted molar refractivity (Wildman–Crippen MR) is 75.2 cm³/mol.